The van der Waals surface area contributed by atoms with Crippen LogP contribution in [0.25, 0.3) is 10.9 Å². The predicted molar refractivity (Wildman–Crippen MR) is 81.7 cm³/mol. The largest absolute Gasteiger partial charge is 0.266 e. The van der Waals surface area contributed by atoms with Crippen molar-refractivity contribution in [3.63, 3.8) is 0 Å². The van der Waals surface area contributed by atoms with Crippen molar-refractivity contribution in [2.45, 2.75) is 10.6 Å². The van der Waals surface area contributed by atoms with Crippen molar-refractivity contribution >= 4 is 34.3 Å². The molecule has 0 bridgehead atoms. The highest BCUT2D eigenvalue weighted by molar-refractivity contribution is 7.98. The maximum absolute atomic E-state index is 6.32. The number of thioether (sulfide) groups is 1. The average molecular weight is 289 g/mol. The number of halogens is 1. The van der Waals surface area contributed by atoms with Crippen molar-refractivity contribution in [1.29, 1.82) is 0 Å². The van der Waals surface area contributed by atoms with Crippen molar-refractivity contribution < 1.29 is 0 Å². The van der Waals surface area contributed by atoms with Crippen LogP contribution in [0, 0.1) is 0 Å². The molecule has 0 saturated heterocycles. The summed E-state index contributed by atoms with van der Waals surface area (Å²) in [5, 5.41) is 6.08. The van der Waals surface area contributed by atoms with Gasteiger partial charge in [0, 0.05) is 23.1 Å². The number of rotatable bonds is 3. The first-order chi connectivity index (χ1) is 9.24. The van der Waals surface area contributed by atoms with Crippen LogP contribution in [-0.2, 0) is 12.8 Å². The fraction of sp³-hybridized carbons (Fsp3) is 0.133. The molecule has 0 fully saturated rings. The standard InChI is InChI=1S/C15H13ClN2S/c1-18-15-12(9-17-18)7-13(8-14(15)16)19-10-11-5-3-2-4-6-11/h2-9H,10H2,1H3. The summed E-state index contributed by atoms with van der Waals surface area (Å²) in [7, 11) is 1.91. The third kappa shape index (κ3) is 2.62. The van der Waals surface area contributed by atoms with Gasteiger partial charge in [-0.05, 0) is 17.7 Å². The smallest absolute Gasteiger partial charge is 0.0866 e. The van der Waals surface area contributed by atoms with Gasteiger partial charge >= 0.3 is 0 Å². The van der Waals surface area contributed by atoms with Crippen LogP contribution < -0.4 is 0 Å². The van der Waals surface area contributed by atoms with Gasteiger partial charge in [0.1, 0.15) is 0 Å². The fourth-order valence-electron chi connectivity index (χ4n) is 2.07. The number of aryl methyl sites for hydroxylation is 1. The molecular formula is C15H13ClN2S. The van der Waals surface area contributed by atoms with Crippen LogP contribution in [0.3, 0.4) is 0 Å². The highest BCUT2D eigenvalue weighted by Crippen LogP contribution is 2.31. The third-order valence-corrected chi connectivity index (χ3v) is 4.34. The van der Waals surface area contributed by atoms with Gasteiger partial charge in [0.25, 0.3) is 0 Å². The quantitative estimate of drug-likeness (QED) is 0.660. The van der Waals surface area contributed by atoms with E-state index in [2.05, 4.69) is 35.4 Å². The topological polar surface area (TPSA) is 17.8 Å². The molecule has 96 valence electrons. The molecule has 2 aromatic carbocycles. The Morgan fingerprint density at radius 2 is 2.00 bits per heavy atom. The summed E-state index contributed by atoms with van der Waals surface area (Å²) in [6, 6.07) is 14.6. The first kappa shape index (κ1) is 12.6. The van der Waals surface area contributed by atoms with Gasteiger partial charge < -0.3 is 0 Å². The van der Waals surface area contributed by atoms with Crippen molar-refractivity contribution in [1.82, 2.24) is 9.78 Å². The van der Waals surface area contributed by atoms with E-state index in [0.29, 0.717) is 0 Å². The second-order valence-electron chi connectivity index (χ2n) is 4.39. The van der Waals surface area contributed by atoms with Gasteiger partial charge in [0.05, 0.1) is 16.7 Å². The molecule has 0 unspecified atom stereocenters. The first-order valence-electron chi connectivity index (χ1n) is 6.02. The Hall–Kier alpha value is -1.45. The molecule has 0 N–H and O–H groups in total. The van der Waals surface area contributed by atoms with Crippen molar-refractivity contribution in [3.05, 3.63) is 59.2 Å². The molecule has 0 amide bonds. The van der Waals surface area contributed by atoms with E-state index in [1.165, 1.54) is 10.5 Å². The van der Waals surface area contributed by atoms with Crippen LogP contribution in [-0.4, -0.2) is 9.78 Å². The molecule has 0 radical (unpaired) electrons. The van der Waals surface area contributed by atoms with Gasteiger partial charge in [0.15, 0.2) is 0 Å². The maximum Gasteiger partial charge on any atom is 0.0866 e. The summed E-state index contributed by atoms with van der Waals surface area (Å²) in [6.45, 7) is 0. The lowest BCUT2D eigenvalue weighted by Gasteiger charge is -2.04. The summed E-state index contributed by atoms with van der Waals surface area (Å²) in [5.41, 5.74) is 2.31. The molecule has 0 aliphatic heterocycles. The number of fused-ring (bicyclic) bond motifs is 1. The van der Waals surface area contributed by atoms with Gasteiger partial charge in [-0.1, -0.05) is 41.9 Å². The van der Waals surface area contributed by atoms with Gasteiger partial charge in [-0.15, -0.1) is 11.8 Å². The second kappa shape index (κ2) is 5.27. The Morgan fingerprint density at radius 3 is 2.79 bits per heavy atom. The molecule has 19 heavy (non-hydrogen) atoms. The first-order valence-corrected chi connectivity index (χ1v) is 7.38. The van der Waals surface area contributed by atoms with Gasteiger partial charge in [-0.25, -0.2) is 0 Å². The molecule has 0 saturated carbocycles. The lowest BCUT2D eigenvalue weighted by molar-refractivity contribution is 0.797. The minimum absolute atomic E-state index is 0.757. The summed E-state index contributed by atoms with van der Waals surface area (Å²) in [5.74, 6) is 0.947. The van der Waals surface area contributed by atoms with Crippen molar-refractivity contribution in [2.75, 3.05) is 0 Å². The summed E-state index contributed by atoms with van der Waals surface area (Å²) in [6.07, 6.45) is 1.85. The number of aromatic nitrogens is 2. The fourth-order valence-corrected chi connectivity index (χ4v) is 3.42. The molecule has 1 aromatic heterocycles. The number of hydrogen-bond donors (Lipinski definition) is 0. The van der Waals surface area contributed by atoms with Crippen LogP contribution in [0.4, 0.5) is 0 Å². The van der Waals surface area contributed by atoms with Gasteiger partial charge in [-0.3, -0.25) is 4.68 Å². The van der Waals surface area contributed by atoms with E-state index in [9.17, 15) is 0 Å². The minimum Gasteiger partial charge on any atom is -0.266 e. The molecule has 1 heterocycles. The molecule has 0 atom stereocenters. The SMILES string of the molecule is Cn1ncc2cc(SCc3ccccc3)cc(Cl)c21. The zero-order chi connectivity index (χ0) is 13.2. The summed E-state index contributed by atoms with van der Waals surface area (Å²) in [4.78, 5) is 1.18. The summed E-state index contributed by atoms with van der Waals surface area (Å²) < 4.78 is 1.81. The van der Waals surface area contributed by atoms with E-state index in [0.717, 1.165) is 21.7 Å². The third-order valence-electron chi connectivity index (χ3n) is 3.01. The zero-order valence-corrected chi connectivity index (χ0v) is 12.1. The lowest BCUT2D eigenvalue weighted by Crippen LogP contribution is -1.89. The highest BCUT2D eigenvalue weighted by atomic mass is 35.5. The lowest BCUT2D eigenvalue weighted by atomic mass is 10.2. The Labute approximate surface area is 121 Å². The molecule has 0 spiro atoms. The molecule has 0 aliphatic carbocycles. The van der Waals surface area contributed by atoms with E-state index in [1.807, 2.05) is 30.1 Å². The number of hydrogen-bond acceptors (Lipinski definition) is 2. The van der Waals surface area contributed by atoms with Gasteiger partial charge in [-0.2, -0.15) is 5.10 Å². The Kier molecular flexibility index (Phi) is 3.49. The molecular weight excluding hydrogens is 276 g/mol. The monoisotopic (exact) mass is 288 g/mol. The number of nitrogens with zero attached hydrogens (tertiary/aromatic N) is 2. The minimum atomic E-state index is 0.757. The second-order valence-corrected chi connectivity index (χ2v) is 5.84. The van der Waals surface area contributed by atoms with Crippen LogP contribution in [0.15, 0.2) is 53.6 Å². The van der Waals surface area contributed by atoms with E-state index >= 15 is 0 Å². The Balaban J connectivity index is 1.86. The summed E-state index contributed by atoms with van der Waals surface area (Å²) >= 11 is 8.11. The molecule has 2 nitrogen and oxygen atoms in total. The normalized spacial score (nSPS) is 11.1. The molecule has 0 aliphatic rings. The van der Waals surface area contributed by atoms with E-state index in [-0.39, 0.29) is 0 Å². The molecule has 3 aromatic rings. The maximum atomic E-state index is 6.32. The van der Waals surface area contributed by atoms with Crippen molar-refractivity contribution in [2.24, 2.45) is 7.05 Å². The van der Waals surface area contributed by atoms with Crippen LogP contribution in [0.5, 0.6) is 0 Å². The molecule has 3 rings (SSSR count). The van der Waals surface area contributed by atoms with Crippen molar-refractivity contribution in [3.8, 4) is 0 Å². The predicted octanol–water partition coefficient (Wildman–Crippen LogP) is 4.52. The van der Waals surface area contributed by atoms with Gasteiger partial charge in [0.2, 0.25) is 0 Å². The Bertz CT molecular complexity index is 707. The van der Waals surface area contributed by atoms with E-state index < -0.39 is 0 Å². The highest BCUT2D eigenvalue weighted by Gasteiger charge is 2.07. The zero-order valence-electron chi connectivity index (χ0n) is 10.5. The Morgan fingerprint density at radius 1 is 1.21 bits per heavy atom. The van der Waals surface area contributed by atoms with Crippen LogP contribution in [0.1, 0.15) is 5.56 Å². The molecule has 4 heteroatoms. The number of benzene rings is 2. The van der Waals surface area contributed by atoms with E-state index in [1.54, 1.807) is 11.8 Å². The van der Waals surface area contributed by atoms with Crippen LogP contribution in [0.2, 0.25) is 5.02 Å². The van der Waals surface area contributed by atoms with Crippen LogP contribution >= 0.6 is 23.4 Å². The average Bonchev–Trinajstić information content (AvgIpc) is 2.80. The van der Waals surface area contributed by atoms with E-state index in [4.69, 9.17) is 11.6 Å².